The number of benzene rings is 1. The molecule has 0 spiro atoms. The van der Waals surface area contributed by atoms with Gasteiger partial charge in [-0.1, -0.05) is 50.1 Å². The van der Waals surface area contributed by atoms with Gasteiger partial charge in [-0.15, -0.1) is 0 Å². The smallest absolute Gasteiger partial charge is 0.211 e. The number of rotatable bonds is 10. The third kappa shape index (κ3) is 8.01. The van der Waals surface area contributed by atoms with Crippen LogP contribution in [0.3, 0.4) is 0 Å². The molecule has 0 amide bonds. The Bertz CT molecular complexity index is 429. The Hall–Kier alpha value is -0.870. The van der Waals surface area contributed by atoms with Gasteiger partial charge in [0, 0.05) is 6.54 Å². The number of hydrogen-bond donors (Lipinski definition) is 1. The fourth-order valence-electron chi connectivity index (χ4n) is 1.95. The van der Waals surface area contributed by atoms with Crippen LogP contribution in [0.4, 0.5) is 0 Å². The third-order valence-electron chi connectivity index (χ3n) is 3.04. The molecule has 108 valence electrons. The summed E-state index contributed by atoms with van der Waals surface area (Å²) in [5.74, 6) is 0.262. The molecule has 0 unspecified atom stereocenters. The second-order valence-electron chi connectivity index (χ2n) is 4.86. The van der Waals surface area contributed by atoms with Gasteiger partial charge in [0.05, 0.1) is 5.75 Å². The highest BCUT2D eigenvalue weighted by atomic mass is 32.2. The summed E-state index contributed by atoms with van der Waals surface area (Å²) in [6.07, 6.45) is 5.90. The quantitative estimate of drug-likeness (QED) is 0.671. The Kier molecular flexibility index (Phi) is 7.75. The Balaban J connectivity index is 2.05. The lowest BCUT2D eigenvalue weighted by atomic mass is 10.1. The van der Waals surface area contributed by atoms with Crippen LogP contribution < -0.4 is 4.72 Å². The number of hydrogen-bond acceptors (Lipinski definition) is 2. The van der Waals surface area contributed by atoms with E-state index in [1.165, 1.54) is 5.56 Å². The van der Waals surface area contributed by atoms with Crippen molar-refractivity contribution in [2.75, 3.05) is 12.3 Å². The number of unbranched alkanes of at least 4 members (excludes halogenated alkanes) is 3. The zero-order chi connectivity index (χ0) is 14.0. The highest BCUT2D eigenvalue weighted by Gasteiger charge is 2.07. The molecule has 0 aliphatic rings. The largest absolute Gasteiger partial charge is 0.215 e. The molecule has 4 heteroatoms. The first-order chi connectivity index (χ1) is 9.14. The molecule has 0 fully saturated rings. The highest BCUT2D eigenvalue weighted by Crippen LogP contribution is 2.08. The van der Waals surface area contributed by atoms with Crippen molar-refractivity contribution in [2.24, 2.45) is 0 Å². The molecular weight excluding hydrogens is 258 g/mol. The Morgan fingerprint density at radius 3 is 2.37 bits per heavy atom. The van der Waals surface area contributed by atoms with Crippen molar-refractivity contribution in [2.45, 2.75) is 45.4 Å². The number of nitrogens with one attached hydrogen (secondary N) is 1. The molecule has 1 aromatic rings. The normalized spacial score (nSPS) is 11.6. The Morgan fingerprint density at radius 1 is 1.00 bits per heavy atom. The predicted molar refractivity (Wildman–Crippen MR) is 80.7 cm³/mol. The molecule has 1 aromatic carbocycles. The molecule has 0 aliphatic carbocycles. The molecule has 0 radical (unpaired) electrons. The monoisotopic (exact) mass is 283 g/mol. The van der Waals surface area contributed by atoms with Crippen LogP contribution in [0.1, 0.15) is 44.6 Å². The molecule has 0 aliphatic heterocycles. The molecule has 0 heterocycles. The number of sulfonamides is 1. The second-order valence-corrected chi connectivity index (χ2v) is 6.79. The fourth-order valence-corrected chi connectivity index (χ4v) is 3.19. The van der Waals surface area contributed by atoms with Gasteiger partial charge in [0.1, 0.15) is 0 Å². The maximum atomic E-state index is 11.5. The third-order valence-corrected chi connectivity index (χ3v) is 4.51. The van der Waals surface area contributed by atoms with Crippen LogP contribution in [-0.4, -0.2) is 20.7 Å². The van der Waals surface area contributed by atoms with E-state index in [1.54, 1.807) is 0 Å². The first kappa shape index (κ1) is 16.2. The molecule has 0 saturated carbocycles. The summed E-state index contributed by atoms with van der Waals surface area (Å²) in [5, 5.41) is 0. The van der Waals surface area contributed by atoms with Gasteiger partial charge in [-0.05, 0) is 31.2 Å². The lowest BCUT2D eigenvalue weighted by Crippen LogP contribution is -2.26. The molecule has 1 N–H and O–H groups in total. The van der Waals surface area contributed by atoms with Crippen LogP contribution in [-0.2, 0) is 16.4 Å². The zero-order valence-corrected chi connectivity index (χ0v) is 12.6. The lowest BCUT2D eigenvalue weighted by Gasteiger charge is -2.05. The van der Waals surface area contributed by atoms with Crippen molar-refractivity contribution in [3.63, 3.8) is 0 Å². The van der Waals surface area contributed by atoms with E-state index in [2.05, 4.69) is 29.0 Å². The van der Waals surface area contributed by atoms with Gasteiger partial charge < -0.3 is 0 Å². The molecule has 19 heavy (non-hydrogen) atoms. The van der Waals surface area contributed by atoms with Crippen molar-refractivity contribution in [1.82, 2.24) is 4.72 Å². The van der Waals surface area contributed by atoms with Crippen LogP contribution in [0.15, 0.2) is 30.3 Å². The van der Waals surface area contributed by atoms with Gasteiger partial charge in [0.15, 0.2) is 0 Å². The summed E-state index contributed by atoms with van der Waals surface area (Å²) >= 11 is 0. The molecule has 0 aromatic heterocycles. The molecular formula is C15H25NO2S. The van der Waals surface area contributed by atoms with Crippen molar-refractivity contribution < 1.29 is 8.42 Å². The summed E-state index contributed by atoms with van der Waals surface area (Å²) in [5.41, 5.74) is 1.36. The summed E-state index contributed by atoms with van der Waals surface area (Å²) in [7, 11) is -3.03. The maximum absolute atomic E-state index is 11.5. The minimum atomic E-state index is -3.03. The Morgan fingerprint density at radius 2 is 1.68 bits per heavy atom. The fraction of sp³-hybridized carbons (Fsp3) is 0.600. The molecule has 0 atom stereocenters. The van der Waals surface area contributed by atoms with E-state index in [-0.39, 0.29) is 5.75 Å². The van der Waals surface area contributed by atoms with Gasteiger partial charge in [-0.25, -0.2) is 13.1 Å². The minimum absolute atomic E-state index is 0.262. The van der Waals surface area contributed by atoms with E-state index in [0.717, 1.165) is 38.5 Å². The van der Waals surface area contributed by atoms with E-state index in [4.69, 9.17) is 0 Å². The zero-order valence-electron chi connectivity index (χ0n) is 11.8. The van der Waals surface area contributed by atoms with Crippen molar-refractivity contribution >= 4 is 10.0 Å². The van der Waals surface area contributed by atoms with Gasteiger partial charge in [-0.3, -0.25) is 0 Å². The SMILES string of the molecule is CCCNS(=O)(=O)CCCCCCc1ccccc1. The highest BCUT2D eigenvalue weighted by molar-refractivity contribution is 7.89. The molecule has 0 saturated heterocycles. The van der Waals surface area contributed by atoms with Crippen molar-refractivity contribution in [1.29, 1.82) is 0 Å². The molecule has 1 rings (SSSR count). The average Bonchev–Trinajstić information content (AvgIpc) is 2.42. The van der Waals surface area contributed by atoms with Crippen LogP contribution in [0, 0.1) is 0 Å². The summed E-state index contributed by atoms with van der Waals surface area (Å²) < 4.78 is 25.7. The standard InChI is InChI=1S/C15H25NO2S/c1-2-13-16-19(17,18)14-9-4-3-6-10-15-11-7-5-8-12-15/h5,7-8,11-12,16H,2-4,6,9-10,13-14H2,1H3. The van der Waals surface area contributed by atoms with E-state index in [1.807, 2.05) is 13.0 Å². The Labute approximate surface area is 117 Å². The first-order valence-corrected chi connectivity index (χ1v) is 8.80. The van der Waals surface area contributed by atoms with Crippen molar-refractivity contribution in [3.8, 4) is 0 Å². The van der Waals surface area contributed by atoms with Gasteiger partial charge in [0.25, 0.3) is 0 Å². The predicted octanol–water partition coefficient (Wildman–Crippen LogP) is 3.12. The van der Waals surface area contributed by atoms with E-state index in [0.29, 0.717) is 6.54 Å². The average molecular weight is 283 g/mol. The molecule has 3 nitrogen and oxygen atoms in total. The number of aryl methyl sites for hydroxylation is 1. The maximum Gasteiger partial charge on any atom is 0.211 e. The van der Waals surface area contributed by atoms with E-state index >= 15 is 0 Å². The van der Waals surface area contributed by atoms with E-state index < -0.39 is 10.0 Å². The lowest BCUT2D eigenvalue weighted by molar-refractivity contribution is 0.573. The molecule has 0 bridgehead atoms. The summed E-state index contributed by atoms with van der Waals surface area (Å²) in [4.78, 5) is 0. The van der Waals surface area contributed by atoms with Crippen molar-refractivity contribution in [3.05, 3.63) is 35.9 Å². The minimum Gasteiger partial charge on any atom is -0.215 e. The second kappa shape index (κ2) is 9.10. The van der Waals surface area contributed by atoms with E-state index in [9.17, 15) is 8.42 Å². The topological polar surface area (TPSA) is 46.2 Å². The summed E-state index contributed by atoms with van der Waals surface area (Å²) in [6.45, 7) is 2.52. The van der Waals surface area contributed by atoms with Gasteiger partial charge in [0.2, 0.25) is 10.0 Å². The summed E-state index contributed by atoms with van der Waals surface area (Å²) in [6, 6.07) is 10.4. The first-order valence-electron chi connectivity index (χ1n) is 7.15. The van der Waals surface area contributed by atoms with Crippen LogP contribution in [0.25, 0.3) is 0 Å². The van der Waals surface area contributed by atoms with Crippen LogP contribution in [0.2, 0.25) is 0 Å². The van der Waals surface area contributed by atoms with Gasteiger partial charge >= 0.3 is 0 Å². The van der Waals surface area contributed by atoms with Crippen LogP contribution >= 0.6 is 0 Å². The van der Waals surface area contributed by atoms with Gasteiger partial charge in [-0.2, -0.15) is 0 Å². The van der Waals surface area contributed by atoms with Crippen LogP contribution in [0.5, 0.6) is 0 Å².